The van der Waals surface area contributed by atoms with E-state index >= 15 is 0 Å². The van der Waals surface area contributed by atoms with Crippen molar-refractivity contribution in [2.45, 2.75) is 30.4 Å². The third kappa shape index (κ3) is 6.59. The minimum Gasteiger partial charge on any atom is -0.489 e. The number of hydrogen-bond donors (Lipinski definition) is 2. The number of nitrogens with zero attached hydrogens (tertiary/aromatic N) is 1. The van der Waals surface area contributed by atoms with Crippen LogP contribution >= 0.6 is 0 Å². The zero-order chi connectivity index (χ0) is 24.0. The van der Waals surface area contributed by atoms with E-state index in [4.69, 9.17) is 4.74 Å². The Labute approximate surface area is 200 Å². The second-order valence-corrected chi connectivity index (χ2v) is 10.1. The van der Waals surface area contributed by atoms with Crippen molar-refractivity contribution in [1.82, 2.24) is 10.2 Å². The maximum atomic E-state index is 12.9. The highest BCUT2D eigenvalue weighted by Crippen LogP contribution is 2.24. The molecule has 0 saturated heterocycles. The second kappa shape index (κ2) is 10.7. The number of amides is 1. The van der Waals surface area contributed by atoms with Crippen LogP contribution in [0.5, 0.6) is 5.75 Å². The molecule has 2 N–H and O–H groups in total. The van der Waals surface area contributed by atoms with Gasteiger partial charge >= 0.3 is 0 Å². The Morgan fingerprint density at radius 3 is 2.44 bits per heavy atom. The summed E-state index contributed by atoms with van der Waals surface area (Å²) in [4.78, 5) is 14.7. The van der Waals surface area contributed by atoms with Crippen LogP contribution in [0.1, 0.15) is 28.8 Å². The normalized spacial score (nSPS) is 13.5. The van der Waals surface area contributed by atoms with E-state index in [0.717, 1.165) is 12.1 Å². The van der Waals surface area contributed by atoms with Crippen molar-refractivity contribution in [2.75, 3.05) is 24.9 Å². The summed E-state index contributed by atoms with van der Waals surface area (Å²) in [5.74, 6) is 0.346. The van der Waals surface area contributed by atoms with Crippen LogP contribution < -0.4 is 14.8 Å². The van der Waals surface area contributed by atoms with Crippen LogP contribution in [0.4, 0.5) is 5.69 Å². The lowest BCUT2D eigenvalue weighted by Crippen LogP contribution is -2.34. The average molecular weight is 480 g/mol. The van der Waals surface area contributed by atoms with Crippen LogP contribution in [-0.2, 0) is 16.6 Å². The van der Waals surface area contributed by atoms with Crippen molar-refractivity contribution in [3.05, 3.63) is 90.0 Å². The number of rotatable bonds is 11. The van der Waals surface area contributed by atoms with Crippen LogP contribution in [0.3, 0.4) is 0 Å². The number of nitrogens with one attached hydrogen (secondary N) is 2. The van der Waals surface area contributed by atoms with Gasteiger partial charge in [-0.15, -0.1) is 0 Å². The molecule has 1 saturated carbocycles. The summed E-state index contributed by atoms with van der Waals surface area (Å²) in [7, 11) is -1.81. The van der Waals surface area contributed by atoms with Gasteiger partial charge in [0.15, 0.2) is 0 Å². The average Bonchev–Trinajstić information content (AvgIpc) is 3.70. The molecule has 3 aromatic carbocycles. The van der Waals surface area contributed by atoms with E-state index in [1.165, 1.54) is 25.0 Å². The van der Waals surface area contributed by atoms with Crippen molar-refractivity contribution in [3.8, 4) is 5.75 Å². The highest BCUT2D eigenvalue weighted by molar-refractivity contribution is 7.92. The maximum Gasteiger partial charge on any atom is 0.261 e. The molecule has 1 fully saturated rings. The van der Waals surface area contributed by atoms with Gasteiger partial charge in [0.2, 0.25) is 0 Å². The number of anilines is 1. The number of carbonyl (C=O) groups excluding carboxylic acids is 1. The largest absolute Gasteiger partial charge is 0.489 e. The minimum absolute atomic E-state index is 0.0275. The monoisotopic (exact) mass is 479 g/mol. The predicted molar refractivity (Wildman–Crippen MR) is 132 cm³/mol. The predicted octanol–water partition coefficient (Wildman–Crippen LogP) is 3.89. The number of benzene rings is 3. The first-order chi connectivity index (χ1) is 16.4. The van der Waals surface area contributed by atoms with Crippen LogP contribution in [0.2, 0.25) is 0 Å². The lowest BCUT2D eigenvalue weighted by Gasteiger charge is -2.16. The first-order valence-corrected chi connectivity index (χ1v) is 12.8. The highest BCUT2D eigenvalue weighted by Gasteiger charge is 2.25. The van der Waals surface area contributed by atoms with Gasteiger partial charge in [0.05, 0.1) is 4.90 Å². The first kappa shape index (κ1) is 23.8. The Morgan fingerprint density at radius 1 is 1.00 bits per heavy atom. The molecular weight excluding hydrogens is 450 g/mol. The van der Waals surface area contributed by atoms with E-state index in [1.807, 2.05) is 37.4 Å². The molecule has 0 spiro atoms. The molecule has 8 heteroatoms. The molecule has 0 unspecified atom stereocenters. The molecule has 1 amide bonds. The summed E-state index contributed by atoms with van der Waals surface area (Å²) in [5, 5.41) is 2.86. The van der Waals surface area contributed by atoms with Gasteiger partial charge in [0, 0.05) is 30.4 Å². The van der Waals surface area contributed by atoms with Gasteiger partial charge in [-0.3, -0.25) is 9.52 Å². The molecule has 4 rings (SSSR count). The smallest absolute Gasteiger partial charge is 0.261 e. The molecule has 3 aromatic rings. The van der Waals surface area contributed by atoms with Gasteiger partial charge in [-0.05, 0) is 67.9 Å². The Kier molecular flexibility index (Phi) is 7.49. The van der Waals surface area contributed by atoms with Crippen molar-refractivity contribution in [3.63, 3.8) is 0 Å². The fourth-order valence-corrected chi connectivity index (χ4v) is 4.63. The molecule has 0 radical (unpaired) electrons. The van der Waals surface area contributed by atoms with Gasteiger partial charge in [-0.2, -0.15) is 0 Å². The van der Waals surface area contributed by atoms with E-state index in [0.29, 0.717) is 36.2 Å². The first-order valence-electron chi connectivity index (χ1n) is 11.3. The highest BCUT2D eigenvalue weighted by atomic mass is 32.2. The zero-order valence-corrected chi connectivity index (χ0v) is 19.9. The molecule has 178 valence electrons. The van der Waals surface area contributed by atoms with Crippen LogP contribution in [-0.4, -0.2) is 45.4 Å². The van der Waals surface area contributed by atoms with E-state index in [1.54, 1.807) is 36.4 Å². The van der Waals surface area contributed by atoms with Crippen molar-refractivity contribution in [2.24, 2.45) is 0 Å². The molecule has 0 bridgehead atoms. The lowest BCUT2D eigenvalue weighted by molar-refractivity contribution is 0.0949. The molecule has 0 aromatic heterocycles. The summed E-state index contributed by atoms with van der Waals surface area (Å²) in [6.45, 7) is 1.71. The van der Waals surface area contributed by atoms with Crippen molar-refractivity contribution >= 4 is 21.6 Å². The zero-order valence-electron chi connectivity index (χ0n) is 19.1. The second-order valence-electron chi connectivity index (χ2n) is 8.40. The van der Waals surface area contributed by atoms with Crippen LogP contribution in [0.25, 0.3) is 0 Å². The van der Waals surface area contributed by atoms with Crippen LogP contribution in [0.15, 0.2) is 83.8 Å². The van der Waals surface area contributed by atoms with E-state index in [-0.39, 0.29) is 10.8 Å². The third-order valence-electron chi connectivity index (χ3n) is 5.68. The standard InChI is InChI=1S/C26H29N3O4S/c1-29(23-12-13-23)17-16-27-26(30)21-8-5-9-25(18-21)34(31,32)28-22-10-14-24(15-11-22)33-19-20-6-3-2-4-7-20/h2-11,14-15,18,23,28H,12-13,16-17,19H2,1H3,(H,27,30). The van der Waals surface area contributed by atoms with Crippen LogP contribution in [0, 0.1) is 0 Å². The van der Waals surface area contributed by atoms with Gasteiger partial charge in [-0.25, -0.2) is 8.42 Å². The number of hydrogen-bond acceptors (Lipinski definition) is 5. The lowest BCUT2D eigenvalue weighted by atomic mass is 10.2. The summed E-state index contributed by atoms with van der Waals surface area (Å²) in [5.41, 5.74) is 1.76. The van der Waals surface area contributed by atoms with Gasteiger partial charge < -0.3 is 15.0 Å². The summed E-state index contributed by atoms with van der Waals surface area (Å²) < 4.78 is 34.1. The maximum absolute atomic E-state index is 12.9. The molecule has 1 aliphatic rings. The molecule has 7 nitrogen and oxygen atoms in total. The van der Waals surface area contributed by atoms with E-state index in [9.17, 15) is 13.2 Å². The number of likely N-dealkylation sites (N-methyl/N-ethyl adjacent to an activating group) is 1. The SMILES string of the molecule is CN(CCNC(=O)c1cccc(S(=O)(=O)Nc2ccc(OCc3ccccc3)cc2)c1)C1CC1. The van der Waals surface area contributed by atoms with Crippen molar-refractivity contribution < 1.29 is 17.9 Å². The summed E-state index contributed by atoms with van der Waals surface area (Å²) >= 11 is 0. The Balaban J connectivity index is 1.33. The van der Waals surface area contributed by atoms with E-state index < -0.39 is 10.0 Å². The van der Waals surface area contributed by atoms with Gasteiger partial charge in [0.25, 0.3) is 15.9 Å². The minimum atomic E-state index is -3.85. The quantitative estimate of drug-likeness (QED) is 0.436. The number of ether oxygens (including phenoxy) is 1. The Morgan fingerprint density at radius 2 is 1.74 bits per heavy atom. The Bertz CT molecular complexity index is 1210. The molecule has 0 aliphatic heterocycles. The molecule has 0 atom stereocenters. The topological polar surface area (TPSA) is 87.7 Å². The third-order valence-corrected chi connectivity index (χ3v) is 7.06. The van der Waals surface area contributed by atoms with Crippen molar-refractivity contribution in [1.29, 1.82) is 0 Å². The molecule has 0 heterocycles. The fourth-order valence-electron chi connectivity index (χ4n) is 3.52. The molecule has 1 aliphatic carbocycles. The number of sulfonamides is 1. The number of carbonyl (C=O) groups is 1. The Hall–Kier alpha value is -3.36. The summed E-state index contributed by atoms with van der Waals surface area (Å²) in [6.07, 6.45) is 2.42. The fraction of sp³-hybridized carbons (Fsp3) is 0.269. The molecule has 34 heavy (non-hydrogen) atoms. The van der Waals surface area contributed by atoms with Gasteiger partial charge in [-0.1, -0.05) is 36.4 Å². The molecular formula is C26H29N3O4S. The summed E-state index contributed by atoms with van der Waals surface area (Å²) in [6, 6.07) is 23.2. The van der Waals surface area contributed by atoms with E-state index in [2.05, 4.69) is 14.9 Å². The van der Waals surface area contributed by atoms with Gasteiger partial charge in [0.1, 0.15) is 12.4 Å².